The number of nitrogens with one attached hydrogen (secondary N) is 1. The molecule has 118 valence electrons. The van der Waals surface area contributed by atoms with Gasteiger partial charge in [0, 0.05) is 6.04 Å². The van der Waals surface area contributed by atoms with Gasteiger partial charge in [0.05, 0.1) is 11.0 Å². The van der Waals surface area contributed by atoms with Gasteiger partial charge in [0.2, 0.25) is 10.0 Å². The Morgan fingerprint density at radius 1 is 1.24 bits per heavy atom. The Labute approximate surface area is 127 Å². The quantitative estimate of drug-likeness (QED) is 0.878. The molecule has 1 aromatic carbocycles. The van der Waals surface area contributed by atoms with Gasteiger partial charge in [-0.05, 0) is 42.9 Å². The SMILES string of the molecule is CCC(C)c1ccc(S(=O)(=O)NC2CCCCC2O)cc1. The van der Waals surface area contributed by atoms with Crippen LogP contribution < -0.4 is 4.72 Å². The summed E-state index contributed by atoms with van der Waals surface area (Å²) in [5.41, 5.74) is 1.15. The van der Waals surface area contributed by atoms with Gasteiger partial charge in [-0.15, -0.1) is 0 Å². The van der Waals surface area contributed by atoms with Crippen LogP contribution in [0.15, 0.2) is 29.2 Å². The smallest absolute Gasteiger partial charge is 0.240 e. The van der Waals surface area contributed by atoms with Gasteiger partial charge in [0.1, 0.15) is 0 Å². The average Bonchev–Trinajstić information content (AvgIpc) is 2.49. The van der Waals surface area contributed by atoms with E-state index in [0.29, 0.717) is 18.8 Å². The zero-order valence-electron chi connectivity index (χ0n) is 12.7. The second-order valence-electron chi connectivity index (χ2n) is 5.96. The summed E-state index contributed by atoms with van der Waals surface area (Å²) in [6.45, 7) is 4.24. The van der Waals surface area contributed by atoms with Gasteiger partial charge in [-0.3, -0.25) is 0 Å². The van der Waals surface area contributed by atoms with Crippen LogP contribution in [0.4, 0.5) is 0 Å². The highest BCUT2D eigenvalue weighted by Gasteiger charge is 2.28. The molecular weight excluding hydrogens is 286 g/mol. The van der Waals surface area contributed by atoms with E-state index in [1.807, 2.05) is 12.1 Å². The number of hydrogen-bond donors (Lipinski definition) is 2. The maximum absolute atomic E-state index is 12.4. The molecule has 0 radical (unpaired) electrons. The normalized spacial score (nSPS) is 24.7. The zero-order chi connectivity index (χ0) is 15.5. The Bertz CT molecular complexity index is 553. The first-order valence-electron chi connectivity index (χ1n) is 7.74. The zero-order valence-corrected chi connectivity index (χ0v) is 13.6. The molecule has 3 atom stereocenters. The number of sulfonamides is 1. The van der Waals surface area contributed by atoms with Crippen molar-refractivity contribution in [1.29, 1.82) is 0 Å². The summed E-state index contributed by atoms with van der Waals surface area (Å²) in [6.07, 6.45) is 3.73. The summed E-state index contributed by atoms with van der Waals surface area (Å²) in [7, 11) is -3.55. The predicted molar refractivity (Wildman–Crippen MR) is 83.7 cm³/mol. The topological polar surface area (TPSA) is 66.4 Å². The van der Waals surface area contributed by atoms with Crippen molar-refractivity contribution >= 4 is 10.0 Å². The van der Waals surface area contributed by atoms with Gasteiger partial charge in [0.25, 0.3) is 0 Å². The van der Waals surface area contributed by atoms with Gasteiger partial charge in [0.15, 0.2) is 0 Å². The van der Waals surface area contributed by atoms with Crippen LogP contribution in [0.3, 0.4) is 0 Å². The molecule has 1 aromatic rings. The second-order valence-corrected chi connectivity index (χ2v) is 7.67. The molecule has 0 amide bonds. The maximum atomic E-state index is 12.4. The Kier molecular flexibility index (Phi) is 5.41. The van der Waals surface area contributed by atoms with Crippen LogP contribution in [0.1, 0.15) is 57.4 Å². The maximum Gasteiger partial charge on any atom is 0.240 e. The highest BCUT2D eigenvalue weighted by molar-refractivity contribution is 7.89. The molecule has 4 nitrogen and oxygen atoms in total. The number of aliphatic hydroxyl groups is 1. The Hall–Kier alpha value is -0.910. The van der Waals surface area contributed by atoms with Crippen molar-refractivity contribution in [2.75, 3.05) is 0 Å². The lowest BCUT2D eigenvalue weighted by Crippen LogP contribution is -2.44. The molecule has 21 heavy (non-hydrogen) atoms. The lowest BCUT2D eigenvalue weighted by Gasteiger charge is -2.28. The summed E-state index contributed by atoms with van der Waals surface area (Å²) in [5, 5.41) is 9.90. The van der Waals surface area contributed by atoms with E-state index in [1.54, 1.807) is 12.1 Å². The molecule has 0 bridgehead atoms. The Morgan fingerprint density at radius 3 is 2.43 bits per heavy atom. The van der Waals surface area contributed by atoms with Crippen molar-refractivity contribution in [2.24, 2.45) is 0 Å². The molecule has 1 aliphatic carbocycles. The van der Waals surface area contributed by atoms with E-state index in [-0.39, 0.29) is 10.9 Å². The molecule has 5 heteroatoms. The monoisotopic (exact) mass is 311 g/mol. The Balaban J connectivity index is 2.12. The van der Waals surface area contributed by atoms with Gasteiger partial charge in [-0.2, -0.15) is 0 Å². The fourth-order valence-electron chi connectivity index (χ4n) is 2.73. The molecule has 1 fully saturated rings. The highest BCUT2D eigenvalue weighted by atomic mass is 32.2. The molecule has 1 aliphatic rings. The number of hydrogen-bond acceptors (Lipinski definition) is 3. The molecule has 0 heterocycles. The third kappa shape index (κ3) is 4.05. The number of aliphatic hydroxyl groups excluding tert-OH is 1. The van der Waals surface area contributed by atoms with Gasteiger partial charge < -0.3 is 5.11 Å². The summed E-state index contributed by atoms with van der Waals surface area (Å²) < 4.78 is 27.4. The van der Waals surface area contributed by atoms with Crippen LogP contribution in [-0.2, 0) is 10.0 Å². The molecule has 0 aliphatic heterocycles. The summed E-state index contributed by atoms with van der Waals surface area (Å²) in [5.74, 6) is 0.426. The van der Waals surface area contributed by atoms with Crippen molar-refractivity contribution < 1.29 is 13.5 Å². The molecular formula is C16H25NO3S. The highest BCUT2D eigenvalue weighted by Crippen LogP contribution is 2.23. The third-order valence-corrected chi connectivity index (χ3v) is 5.91. The predicted octanol–water partition coefficient (Wildman–Crippen LogP) is 2.78. The van der Waals surface area contributed by atoms with Gasteiger partial charge in [-0.25, -0.2) is 13.1 Å². The van der Waals surface area contributed by atoms with Crippen molar-refractivity contribution in [3.05, 3.63) is 29.8 Å². The van der Waals surface area contributed by atoms with Crippen molar-refractivity contribution in [1.82, 2.24) is 4.72 Å². The van der Waals surface area contributed by atoms with Crippen molar-refractivity contribution in [2.45, 2.75) is 68.9 Å². The van der Waals surface area contributed by atoms with E-state index in [9.17, 15) is 13.5 Å². The largest absolute Gasteiger partial charge is 0.391 e. The minimum atomic E-state index is -3.55. The van der Waals surface area contributed by atoms with Crippen LogP contribution in [0.25, 0.3) is 0 Å². The fourth-order valence-corrected chi connectivity index (χ4v) is 4.03. The lowest BCUT2D eigenvalue weighted by atomic mass is 9.93. The molecule has 2 N–H and O–H groups in total. The van der Waals surface area contributed by atoms with Crippen LogP contribution in [-0.4, -0.2) is 25.7 Å². The molecule has 0 saturated heterocycles. The van der Waals surface area contributed by atoms with Crippen LogP contribution >= 0.6 is 0 Å². The van der Waals surface area contributed by atoms with Crippen LogP contribution in [0.5, 0.6) is 0 Å². The van der Waals surface area contributed by atoms with Crippen molar-refractivity contribution in [3.8, 4) is 0 Å². The first-order chi connectivity index (χ1) is 9.94. The number of rotatable bonds is 5. The fraction of sp³-hybridized carbons (Fsp3) is 0.625. The van der Waals surface area contributed by atoms with E-state index < -0.39 is 16.1 Å². The molecule has 0 aromatic heterocycles. The van der Waals surface area contributed by atoms with Crippen molar-refractivity contribution in [3.63, 3.8) is 0 Å². The first-order valence-corrected chi connectivity index (χ1v) is 9.22. The minimum absolute atomic E-state index is 0.271. The van der Waals surface area contributed by atoms with Crippen LogP contribution in [0, 0.1) is 0 Å². The van der Waals surface area contributed by atoms with E-state index in [0.717, 1.165) is 24.8 Å². The Morgan fingerprint density at radius 2 is 1.86 bits per heavy atom. The van der Waals surface area contributed by atoms with E-state index in [4.69, 9.17) is 0 Å². The second kappa shape index (κ2) is 6.90. The minimum Gasteiger partial charge on any atom is -0.391 e. The number of benzene rings is 1. The van der Waals surface area contributed by atoms with Gasteiger partial charge in [-0.1, -0.05) is 38.8 Å². The molecule has 2 rings (SSSR count). The van der Waals surface area contributed by atoms with E-state index >= 15 is 0 Å². The van der Waals surface area contributed by atoms with E-state index in [1.165, 1.54) is 0 Å². The standard InChI is InChI=1S/C16H25NO3S/c1-3-12(2)13-8-10-14(11-9-13)21(19,20)17-15-6-4-5-7-16(15)18/h8-12,15-18H,3-7H2,1-2H3. The van der Waals surface area contributed by atoms with E-state index in [2.05, 4.69) is 18.6 Å². The van der Waals surface area contributed by atoms with Crippen LogP contribution in [0.2, 0.25) is 0 Å². The molecule has 1 saturated carbocycles. The average molecular weight is 311 g/mol. The first kappa shape index (κ1) is 16.5. The molecule has 3 unspecified atom stereocenters. The summed E-state index contributed by atoms with van der Waals surface area (Å²) in [6, 6.07) is 6.69. The third-order valence-electron chi connectivity index (χ3n) is 4.41. The lowest BCUT2D eigenvalue weighted by molar-refractivity contribution is 0.101. The molecule has 0 spiro atoms. The van der Waals surface area contributed by atoms with Gasteiger partial charge >= 0.3 is 0 Å². The summed E-state index contributed by atoms with van der Waals surface area (Å²) >= 11 is 0. The summed E-state index contributed by atoms with van der Waals surface area (Å²) in [4.78, 5) is 0.271.